The summed E-state index contributed by atoms with van der Waals surface area (Å²) in [5.41, 5.74) is 10.1. The lowest BCUT2D eigenvalue weighted by Gasteiger charge is -2.10. The summed E-state index contributed by atoms with van der Waals surface area (Å²) in [6.45, 7) is 1.06. The van der Waals surface area contributed by atoms with Gasteiger partial charge >= 0.3 is 0 Å². The molecule has 0 bridgehead atoms. The van der Waals surface area contributed by atoms with Gasteiger partial charge in [0.15, 0.2) is 22.1 Å². The van der Waals surface area contributed by atoms with E-state index in [0.29, 0.717) is 36.5 Å². The van der Waals surface area contributed by atoms with Gasteiger partial charge < -0.3 is 15.6 Å². The number of rotatable bonds is 6. The number of amides is 1. The third-order valence-electron chi connectivity index (χ3n) is 4.44. The number of imidazole rings is 1. The molecule has 0 aliphatic heterocycles. The minimum Gasteiger partial charge on any atom is -0.382 e. The van der Waals surface area contributed by atoms with Crippen LogP contribution in [-0.2, 0) is 24.2 Å². The summed E-state index contributed by atoms with van der Waals surface area (Å²) in [5.74, 6) is 0.364. The van der Waals surface area contributed by atoms with E-state index in [9.17, 15) is 4.79 Å². The molecular weight excluding hydrogens is 463 g/mol. The van der Waals surface area contributed by atoms with E-state index in [4.69, 9.17) is 5.73 Å². The van der Waals surface area contributed by atoms with Gasteiger partial charge in [-0.05, 0) is 65.1 Å². The Bertz CT molecular complexity index is 989. The summed E-state index contributed by atoms with van der Waals surface area (Å²) >= 11 is 3.99. The number of aromatic nitrogens is 4. The van der Waals surface area contributed by atoms with Crippen LogP contribution in [0.4, 0.5) is 5.82 Å². The second kappa shape index (κ2) is 7.39. The first kappa shape index (κ1) is 17.5. The standard InChI is InChI=1S/C17H17IN6OS/c18-12-6-10-2-1-3-11(10)7-13(12)26-17-23-14-15(19)21-8-22-16(14)24(17)5-4-20-9-25/h6-9H,1-5H2,(H,20,25)(H2,19,21,22). The van der Waals surface area contributed by atoms with Gasteiger partial charge in [0, 0.05) is 21.6 Å². The molecule has 0 saturated heterocycles. The summed E-state index contributed by atoms with van der Waals surface area (Å²) in [4.78, 5) is 24.8. The highest BCUT2D eigenvalue weighted by atomic mass is 127. The summed E-state index contributed by atoms with van der Waals surface area (Å²) in [7, 11) is 0. The molecule has 1 aromatic carbocycles. The quantitative estimate of drug-likeness (QED) is 0.320. The molecule has 1 aliphatic carbocycles. The van der Waals surface area contributed by atoms with Gasteiger partial charge in [0.05, 0.1) is 0 Å². The predicted molar refractivity (Wildman–Crippen MR) is 109 cm³/mol. The Balaban J connectivity index is 1.74. The number of aryl methyl sites for hydroxylation is 2. The van der Waals surface area contributed by atoms with E-state index in [1.165, 1.54) is 32.3 Å². The number of nitrogens with zero attached hydrogens (tertiary/aromatic N) is 4. The highest BCUT2D eigenvalue weighted by molar-refractivity contribution is 14.1. The molecule has 0 unspecified atom stereocenters. The normalized spacial score (nSPS) is 13.1. The van der Waals surface area contributed by atoms with E-state index in [-0.39, 0.29) is 0 Å². The van der Waals surface area contributed by atoms with Crippen LogP contribution >= 0.6 is 34.4 Å². The molecule has 9 heteroatoms. The molecule has 26 heavy (non-hydrogen) atoms. The van der Waals surface area contributed by atoms with Crippen molar-refractivity contribution >= 4 is 57.7 Å². The largest absolute Gasteiger partial charge is 0.382 e. The van der Waals surface area contributed by atoms with Crippen LogP contribution in [0.15, 0.2) is 28.5 Å². The highest BCUT2D eigenvalue weighted by Gasteiger charge is 2.19. The smallest absolute Gasteiger partial charge is 0.207 e. The number of nitrogens with one attached hydrogen (secondary N) is 1. The van der Waals surface area contributed by atoms with Gasteiger partial charge in [0.25, 0.3) is 0 Å². The fraction of sp³-hybridized carbons (Fsp3) is 0.294. The third kappa shape index (κ3) is 3.25. The SMILES string of the molecule is Nc1ncnc2c1nc(Sc1cc3c(cc1I)CCC3)n2CCNC=O. The summed E-state index contributed by atoms with van der Waals surface area (Å²) in [5, 5.41) is 3.49. The van der Waals surface area contributed by atoms with Crippen LogP contribution in [0, 0.1) is 3.57 Å². The highest BCUT2D eigenvalue weighted by Crippen LogP contribution is 2.36. The van der Waals surface area contributed by atoms with Crippen LogP contribution in [0.1, 0.15) is 17.5 Å². The van der Waals surface area contributed by atoms with Gasteiger partial charge in [-0.15, -0.1) is 0 Å². The van der Waals surface area contributed by atoms with Crippen molar-refractivity contribution in [2.75, 3.05) is 12.3 Å². The average Bonchev–Trinajstić information content (AvgIpc) is 3.21. The lowest BCUT2D eigenvalue weighted by atomic mass is 10.1. The van der Waals surface area contributed by atoms with Crippen LogP contribution in [-0.4, -0.2) is 32.5 Å². The van der Waals surface area contributed by atoms with Gasteiger partial charge in [0.1, 0.15) is 6.33 Å². The third-order valence-corrected chi connectivity index (χ3v) is 6.75. The Labute approximate surface area is 168 Å². The van der Waals surface area contributed by atoms with Gasteiger partial charge in [-0.2, -0.15) is 0 Å². The van der Waals surface area contributed by atoms with Gasteiger partial charge in [0.2, 0.25) is 6.41 Å². The molecule has 0 saturated carbocycles. The number of benzene rings is 1. The minimum atomic E-state index is 0.364. The summed E-state index contributed by atoms with van der Waals surface area (Å²) in [6, 6.07) is 4.55. The first-order chi connectivity index (χ1) is 12.7. The van der Waals surface area contributed by atoms with Crippen LogP contribution < -0.4 is 11.1 Å². The van der Waals surface area contributed by atoms with Crippen molar-refractivity contribution in [2.45, 2.75) is 35.9 Å². The van der Waals surface area contributed by atoms with Crippen LogP contribution in [0.25, 0.3) is 11.2 Å². The van der Waals surface area contributed by atoms with Crippen molar-refractivity contribution in [3.05, 3.63) is 33.2 Å². The van der Waals surface area contributed by atoms with Gasteiger partial charge in [-0.25, -0.2) is 15.0 Å². The Hall–Kier alpha value is -1.88. The van der Waals surface area contributed by atoms with E-state index >= 15 is 0 Å². The van der Waals surface area contributed by atoms with E-state index in [1.807, 2.05) is 4.57 Å². The van der Waals surface area contributed by atoms with Crippen molar-refractivity contribution in [3.63, 3.8) is 0 Å². The molecule has 134 valence electrons. The molecule has 4 rings (SSSR count). The molecule has 2 heterocycles. The zero-order valence-corrected chi connectivity index (χ0v) is 16.9. The number of halogens is 1. The second-order valence-electron chi connectivity index (χ2n) is 6.06. The topological polar surface area (TPSA) is 98.7 Å². The van der Waals surface area contributed by atoms with Gasteiger partial charge in [-0.3, -0.25) is 4.79 Å². The van der Waals surface area contributed by atoms with Crippen molar-refractivity contribution in [1.29, 1.82) is 0 Å². The summed E-state index contributed by atoms with van der Waals surface area (Å²) < 4.78 is 3.20. The maximum atomic E-state index is 10.6. The molecule has 1 aliphatic rings. The molecule has 0 fully saturated rings. The first-order valence-electron chi connectivity index (χ1n) is 8.30. The molecule has 7 nitrogen and oxygen atoms in total. The summed E-state index contributed by atoms with van der Waals surface area (Å²) in [6.07, 6.45) is 5.66. The van der Waals surface area contributed by atoms with Gasteiger partial charge in [-0.1, -0.05) is 11.8 Å². The van der Waals surface area contributed by atoms with E-state index in [1.54, 1.807) is 11.8 Å². The number of nitrogens with two attached hydrogens (primary N) is 1. The number of anilines is 1. The van der Waals surface area contributed by atoms with Crippen LogP contribution in [0.5, 0.6) is 0 Å². The molecular formula is C17H17IN6OS. The average molecular weight is 480 g/mol. The Kier molecular flexibility index (Phi) is 4.98. The van der Waals surface area contributed by atoms with Crippen molar-refractivity contribution in [1.82, 2.24) is 24.8 Å². The molecule has 3 aromatic rings. The molecule has 0 atom stereocenters. The van der Waals surface area contributed by atoms with E-state index in [2.05, 4.69) is 55.0 Å². The van der Waals surface area contributed by atoms with Crippen LogP contribution in [0.3, 0.4) is 0 Å². The number of carbonyl (C=O) groups excluding carboxylic acids is 1. The monoisotopic (exact) mass is 480 g/mol. The molecule has 0 radical (unpaired) electrons. The zero-order valence-electron chi connectivity index (χ0n) is 13.9. The Morgan fingerprint density at radius 1 is 1.31 bits per heavy atom. The van der Waals surface area contributed by atoms with Crippen molar-refractivity contribution in [2.24, 2.45) is 0 Å². The van der Waals surface area contributed by atoms with E-state index < -0.39 is 0 Å². The van der Waals surface area contributed by atoms with E-state index in [0.717, 1.165) is 18.0 Å². The Morgan fingerprint density at radius 3 is 2.92 bits per heavy atom. The lowest BCUT2D eigenvalue weighted by Crippen LogP contribution is -2.18. The zero-order chi connectivity index (χ0) is 18.1. The van der Waals surface area contributed by atoms with Crippen molar-refractivity contribution in [3.8, 4) is 0 Å². The van der Waals surface area contributed by atoms with Crippen LogP contribution in [0.2, 0.25) is 0 Å². The maximum absolute atomic E-state index is 10.6. The predicted octanol–water partition coefficient (Wildman–Crippen LogP) is 2.40. The molecule has 0 spiro atoms. The fourth-order valence-corrected chi connectivity index (χ4v) is 5.04. The molecule has 2 aromatic heterocycles. The minimum absolute atomic E-state index is 0.364. The second-order valence-corrected chi connectivity index (χ2v) is 8.23. The number of nitrogen functional groups attached to an aromatic ring is 1. The maximum Gasteiger partial charge on any atom is 0.207 e. The number of hydrogen-bond donors (Lipinski definition) is 2. The molecule has 1 amide bonds. The number of fused-ring (bicyclic) bond motifs is 2. The molecule has 3 N–H and O–H groups in total. The Morgan fingerprint density at radius 2 is 2.12 bits per heavy atom. The number of hydrogen-bond acceptors (Lipinski definition) is 6. The lowest BCUT2D eigenvalue weighted by molar-refractivity contribution is -0.109. The van der Waals surface area contributed by atoms with Crippen molar-refractivity contribution < 1.29 is 4.79 Å². The fourth-order valence-electron chi connectivity index (χ4n) is 3.20. The number of carbonyl (C=O) groups is 1. The first-order valence-corrected chi connectivity index (χ1v) is 10.2.